The minimum absolute atomic E-state index is 0.395. The summed E-state index contributed by atoms with van der Waals surface area (Å²) < 4.78 is 44.2. The van der Waals surface area contributed by atoms with E-state index in [2.05, 4.69) is 10.3 Å². The summed E-state index contributed by atoms with van der Waals surface area (Å²) in [4.78, 5) is 7.77. The largest absolute Gasteiger partial charge is 0.403 e. The number of hydrogen-bond donors (Lipinski definition) is 1. The molecular weight excluding hydrogens is 333 g/mol. The van der Waals surface area contributed by atoms with Crippen molar-refractivity contribution in [2.45, 2.75) is 57.3 Å². The molecule has 1 N–H and O–H groups in total. The van der Waals surface area contributed by atoms with Gasteiger partial charge < -0.3 is 15.0 Å². The molecule has 1 heterocycles. The van der Waals surface area contributed by atoms with E-state index >= 15 is 0 Å². The first-order chi connectivity index (χ1) is 11.9. The highest BCUT2D eigenvalue weighted by molar-refractivity contribution is 5.79. The fourth-order valence-corrected chi connectivity index (χ4v) is 3.44. The van der Waals surface area contributed by atoms with Crippen LogP contribution in [0.25, 0.3) is 0 Å². The van der Waals surface area contributed by atoms with Gasteiger partial charge in [0.05, 0.1) is 6.10 Å². The van der Waals surface area contributed by atoms with Gasteiger partial charge in [-0.2, -0.15) is 13.2 Å². The standard InChI is InChI=1S/C17H31F3N4O/c1-14(17(18,19)20)23-9-11-24(12-10-23)16(21-2)22-8-5-13-25-15-6-3-4-7-15/h14-15H,3-13H2,1-2H3,(H,21,22). The quantitative estimate of drug-likeness (QED) is 0.447. The van der Waals surface area contributed by atoms with Crippen LogP contribution in [-0.4, -0.2) is 80.5 Å². The smallest absolute Gasteiger partial charge is 0.378 e. The minimum atomic E-state index is -4.17. The van der Waals surface area contributed by atoms with Gasteiger partial charge in [-0.3, -0.25) is 9.89 Å². The zero-order chi connectivity index (χ0) is 18.3. The Labute approximate surface area is 148 Å². The highest BCUT2D eigenvalue weighted by Crippen LogP contribution is 2.25. The summed E-state index contributed by atoms with van der Waals surface area (Å²) in [6.45, 7) is 4.63. The monoisotopic (exact) mass is 364 g/mol. The van der Waals surface area contributed by atoms with Crippen LogP contribution in [0.2, 0.25) is 0 Å². The van der Waals surface area contributed by atoms with Gasteiger partial charge in [0.25, 0.3) is 0 Å². The van der Waals surface area contributed by atoms with Crippen LogP contribution in [0, 0.1) is 0 Å². The average Bonchev–Trinajstić information content (AvgIpc) is 3.10. The third-order valence-electron chi connectivity index (χ3n) is 5.11. The van der Waals surface area contributed by atoms with Crippen LogP contribution in [0.3, 0.4) is 0 Å². The molecule has 0 spiro atoms. The minimum Gasteiger partial charge on any atom is -0.378 e. The third kappa shape index (κ3) is 6.33. The maximum absolute atomic E-state index is 12.8. The Morgan fingerprint density at radius 3 is 2.40 bits per heavy atom. The van der Waals surface area contributed by atoms with Gasteiger partial charge in [-0.25, -0.2) is 0 Å². The van der Waals surface area contributed by atoms with E-state index < -0.39 is 12.2 Å². The van der Waals surface area contributed by atoms with E-state index in [0.717, 1.165) is 25.5 Å². The van der Waals surface area contributed by atoms with Crippen LogP contribution in [0.5, 0.6) is 0 Å². The molecule has 1 aliphatic heterocycles. The van der Waals surface area contributed by atoms with Gasteiger partial charge in [0.2, 0.25) is 0 Å². The van der Waals surface area contributed by atoms with Crippen molar-refractivity contribution in [3.63, 3.8) is 0 Å². The molecule has 0 radical (unpaired) electrons. The Balaban J connectivity index is 1.64. The van der Waals surface area contributed by atoms with Crippen LogP contribution in [0.15, 0.2) is 4.99 Å². The molecule has 0 aromatic rings. The van der Waals surface area contributed by atoms with Crippen LogP contribution < -0.4 is 5.32 Å². The number of halogens is 3. The predicted molar refractivity (Wildman–Crippen MR) is 92.8 cm³/mol. The number of nitrogens with one attached hydrogen (secondary N) is 1. The number of hydrogen-bond acceptors (Lipinski definition) is 3. The second-order valence-electron chi connectivity index (χ2n) is 6.85. The van der Waals surface area contributed by atoms with Crippen molar-refractivity contribution in [3.05, 3.63) is 0 Å². The molecule has 5 nitrogen and oxygen atoms in total. The number of nitrogens with zero attached hydrogens (tertiary/aromatic N) is 3. The summed E-state index contributed by atoms with van der Waals surface area (Å²) in [5.41, 5.74) is 0. The first-order valence-electron chi connectivity index (χ1n) is 9.29. The van der Waals surface area contributed by atoms with Gasteiger partial charge in [0.1, 0.15) is 6.04 Å². The van der Waals surface area contributed by atoms with Gasteiger partial charge >= 0.3 is 6.18 Å². The maximum atomic E-state index is 12.8. The summed E-state index contributed by atoms with van der Waals surface area (Å²) in [6, 6.07) is -1.39. The molecular formula is C17H31F3N4O. The fourth-order valence-electron chi connectivity index (χ4n) is 3.44. The molecule has 1 unspecified atom stereocenters. The summed E-state index contributed by atoms with van der Waals surface area (Å²) in [5.74, 6) is 0.764. The lowest BCUT2D eigenvalue weighted by atomic mass is 10.2. The van der Waals surface area contributed by atoms with Gasteiger partial charge in [0, 0.05) is 46.4 Å². The summed E-state index contributed by atoms with van der Waals surface area (Å²) in [5, 5.41) is 3.29. The van der Waals surface area contributed by atoms with Crippen molar-refractivity contribution >= 4 is 5.96 Å². The molecule has 0 bridgehead atoms. The van der Waals surface area contributed by atoms with Gasteiger partial charge in [-0.05, 0) is 26.2 Å². The molecule has 0 amide bonds. The summed E-state index contributed by atoms with van der Waals surface area (Å²) in [7, 11) is 1.71. The number of ether oxygens (including phenoxy) is 1. The zero-order valence-electron chi connectivity index (χ0n) is 15.3. The predicted octanol–water partition coefficient (Wildman–Crippen LogP) is 2.48. The molecule has 8 heteroatoms. The highest BCUT2D eigenvalue weighted by atomic mass is 19.4. The first kappa shape index (κ1) is 20.3. The Kier molecular flexibility index (Phi) is 7.81. The van der Waals surface area contributed by atoms with Crippen molar-refractivity contribution in [3.8, 4) is 0 Å². The van der Waals surface area contributed by atoms with Crippen LogP contribution in [-0.2, 0) is 4.74 Å². The van der Waals surface area contributed by atoms with Crippen molar-refractivity contribution in [2.75, 3.05) is 46.4 Å². The number of piperazine rings is 1. The lowest BCUT2D eigenvalue weighted by Crippen LogP contribution is -2.56. The summed E-state index contributed by atoms with van der Waals surface area (Å²) in [6.07, 6.45) is 2.07. The molecule has 2 fully saturated rings. The zero-order valence-corrected chi connectivity index (χ0v) is 15.3. The van der Waals surface area contributed by atoms with Crippen molar-refractivity contribution < 1.29 is 17.9 Å². The van der Waals surface area contributed by atoms with Crippen LogP contribution in [0.1, 0.15) is 39.0 Å². The first-order valence-corrected chi connectivity index (χ1v) is 9.29. The number of alkyl halides is 3. The molecule has 146 valence electrons. The van der Waals surface area contributed by atoms with E-state index in [4.69, 9.17) is 4.74 Å². The second-order valence-corrected chi connectivity index (χ2v) is 6.85. The Bertz CT molecular complexity index is 417. The Morgan fingerprint density at radius 2 is 1.84 bits per heavy atom. The molecule has 2 rings (SSSR count). The van der Waals surface area contributed by atoms with Gasteiger partial charge in [0.15, 0.2) is 5.96 Å². The maximum Gasteiger partial charge on any atom is 0.403 e. The van der Waals surface area contributed by atoms with E-state index in [1.165, 1.54) is 37.5 Å². The van der Waals surface area contributed by atoms with E-state index in [9.17, 15) is 13.2 Å². The third-order valence-corrected chi connectivity index (χ3v) is 5.11. The van der Waals surface area contributed by atoms with Gasteiger partial charge in [-0.1, -0.05) is 12.8 Å². The molecule has 0 aromatic carbocycles. The van der Waals surface area contributed by atoms with Crippen molar-refractivity contribution in [2.24, 2.45) is 4.99 Å². The number of guanidine groups is 1. The van der Waals surface area contributed by atoms with Crippen LogP contribution in [0.4, 0.5) is 13.2 Å². The Hall–Kier alpha value is -1.02. The molecule has 1 saturated heterocycles. The molecule has 1 atom stereocenters. The number of aliphatic imine (C=N–C) groups is 1. The SMILES string of the molecule is CN=C(NCCCOC1CCCC1)N1CCN(C(C)C(F)(F)F)CC1. The molecule has 25 heavy (non-hydrogen) atoms. The average molecular weight is 364 g/mol. The second kappa shape index (κ2) is 9.62. The Morgan fingerprint density at radius 1 is 1.20 bits per heavy atom. The molecule has 2 aliphatic rings. The summed E-state index contributed by atoms with van der Waals surface area (Å²) >= 11 is 0. The van der Waals surface area contributed by atoms with Crippen molar-refractivity contribution in [1.29, 1.82) is 0 Å². The van der Waals surface area contributed by atoms with Gasteiger partial charge in [-0.15, -0.1) is 0 Å². The normalized spacial score (nSPS) is 22.4. The molecule has 0 aromatic heterocycles. The van der Waals surface area contributed by atoms with E-state index in [1.54, 1.807) is 7.05 Å². The molecule has 1 saturated carbocycles. The van der Waals surface area contributed by atoms with E-state index in [-0.39, 0.29) is 0 Å². The van der Waals surface area contributed by atoms with Crippen LogP contribution >= 0.6 is 0 Å². The topological polar surface area (TPSA) is 40.1 Å². The molecule has 1 aliphatic carbocycles. The lowest BCUT2D eigenvalue weighted by molar-refractivity contribution is -0.181. The lowest BCUT2D eigenvalue weighted by Gasteiger charge is -2.39. The fraction of sp³-hybridized carbons (Fsp3) is 0.941. The number of rotatable bonds is 6. The van der Waals surface area contributed by atoms with E-state index in [1.807, 2.05) is 4.90 Å². The van der Waals surface area contributed by atoms with E-state index in [0.29, 0.717) is 32.3 Å². The highest BCUT2D eigenvalue weighted by Gasteiger charge is 2.41. The van der Waals surface area contributed by atoms with Crippen molar-refractivity contribution in [1.82, 2.24) is 15.1 Å².